The van der Waals surface area contributed by atoms with Gasteiger partial charge in [0.1, 0.15) is 5.15 Å². The van der Waals surface area contributed by atoms with Gasteiger partial charge in [0.15, 0.2) is 0 Å². The molecule has 0 fully saturated rings. The van der Waals surface area contributed by atoms with Crippen LogP contribution in [0, 0.1) is 0 Å². The van der Waals surface area contributed by atoms with Crippen molar-refractivity contribution in [3.05, 3.63) is 58.7 Å². The SMILES string of the molecule is CC(Nc1ccnc(Cl)c1)c1cc2ccccc2s1. The number of nitrogens with one attached hydrogen (secondary N) is 1. The molecule has 2 nitrogen and oxygen atoms in total. The Bertz CT molecular complexity index is 675. The molecule has 1 atom stereocenters. The van der Waals surface area contributed by atoms with Crippen molar-refractivity contribution >= 4 is 38.7 Å². The zero-order chi connectivity index (χ0) is 13.2. The van der Waals surface area contributed by atoms with Crippen molar-refractivity contribution in [3.8, 4) is 0 Å². The molecule has 0 aliphatic carbocycles. The maximum absolute atomic E-state index is 5.89. The molecule has 1 unspecified atom stereocenters. The number of hydrogen-bond acceptors (Lipinski definition) is 3. The Labute approximate surface area is 121 Å². The molecule has 0 aliphatic heterocycles. The fourth-order valence-electron chi connectivity index (χ4n) is 2.03. The third-order valence-electron chi connectivity index (χ3n) is 2.98. The first-order valence-electron chi connectivity index (χ1n) is 6.09. The molecule has 0 radical (unpaired) electrons. The molecule has 0 amide bonds. The highest BCUT2D eigenvalue weighted by Gasteiger charge is 2.09. The lowest BCUT2D eigenvalue weighted by molar-refractivity contribution is 0.908. The first-order chi connectivity index (χ1) is 9.22. The number of thiophene rings is 1. The van der Waals surface area contributed by atoms with Gasteiger partial charge in [-0.3, -0.25) is 0 Å². The first kappa shape index (κ1) is 12.5. The summed E-state index contributed by atoms with van der Waals surface area (Å²) in [6, 6.07) is 14.7. The van der Waals surface area contributed by atoms with Gasteiger partial charge in [0.05, 0.1) is 6.04 Å². The lowest BCUT2D eigenvalue weighted by Gasteiger charge is -2.13. The number of anilines is 1. The van der Waals surface area contributed by atoms with E-state index in [2.05, 4.69) is 47.6 Å². The van der Waals surface area contributed by atoms with E-state index in [1.54, 1.807) is 6.20 Å². The molecular formula is C15H13ClN2S. The van der Waals surface area contributed by atoms with Crippen LogP contribution < -0.4 is 5.32 Å². The van der Waals surface area contributed by atoms with E-state index in [0.29, 0.717) is 5.15 Å². The van der Waals surface area contributed by atoms with E-state index in [1.807, 2.05) is 23.5 Å². The quantitative estimate of drug-likeness (QED) is 0.676. The van der Waals surface area contributed by atoms with Crippen LogP contribution in [0.25, 0.3) is 10.1 Å². The minimum atomic E-state index is 0.246. The van der Waals surface area contributed by atoms with Gasteiger partial charge < -0.3 is 5.32 Å². The molecule has 2 aromatic heterocycles. The van der Waals surface area contributed by atoms with E-state index in [0.717, 1.165) is 5.69 Å². The van der Waals surface area contributed by atoms with Crippen molar-refractivity contribution in [1.29, 1.82) is 0 Å². The van der Waals surface area contributed by atoms with Crippen molar-refractivity contribution in [1.82, 2.24) is 4.98 Å². The van der Waals surface area contributed by atoms with E-state index in [1.165, 1.54) is 15.0 Å². The Morgan fingerprint density at radius 3 is 2.84 bits per heavy atom. The number of nitrogens with zero attached hydrogens (tertiary/aromatic N) is 1. The lowest BCUT2D eigenvalue weighted by Crippen LogP contribution is -2.04. The smallest absolute Gasteiger partial charge is 0.131 e. The topological polar surface area (TPSA) is 24.9 Å². The van der Waals surface area contributed by atoms with Gasteiger partial charge in [-0.05, 0) is 36.6 Å². The van der Waals surface area contributed by atoms with E-state index in [9.17, 15) is 0 Å². The second-order valence-electron chi connectivity index (χ2n) is 4.42. The maximum Gasteiger partial charge on any atom is 0.131 e. The van der Waals surface area contributed by atoms with Gasteiger partial charge in [0.2, 0.25) is 0 Å². The van der Waals surface area contributed by atoms with Crippen LogP contribution in [0.5, 0.6) is 0 Å². The summed E-state index contributed by atoms with van der Waals surface area (Å²) in [7, 11) is 0. The molecule has 4 heteroatoms. The minimum Gasteiger partial charge on any atom is -0.378 e. The molecule has 0 saturated heterocycles. The molecule has 1 N–H and O–H groups in total. The predicted molar refractivity (Wildman–Crippen MR) is 83.1 cm³/mol. The molecule has 1 aromatic carbocycles. The Balaban J connectivity index is 1.85. The molecule has 3 rings (SSSR count). The third-order valence-corrected chi connectivity index (χ3v) is 4.49. The number of rotatable bonds is 3. The highest BCUT2D eigenvalue weighted by Crippen LogP contribution is 2.31. The van der Waals surface area contributed by atoms with Gasteiger partial charge in [0.25, 0.3) is 0 Å². The highest BCUT2D eigenvalue weighted by atomic mass is 35.5. The summed E-state index contributed by atoms with van der Waals surface area (Å²) in [5.74, 6) is 0. The summed E-state index contributed by atoms with van der Waals surface area (Å²) in [6.45, 7) is 2.15. The van der Waals surface area contributed by atoms with Crippen LogP contribution in [0.4, 0.5) is 5.69 Å². The second-order valence-corrected chi connectivity index (χ2v) is 5.92. The molecule has 96 valence electrons. The standard InChI is InChI=1S/C15H13ClN2S/c1-10(18-12-6-7-17-15(16)9-12)14-8-11-4-2-3-5-13(11)19-14/h2-10H,1H3,(H,17,18). The molecular weight excluding hydrogens is 276 g/mol. The molecule has 0 aliphatic rings. The molecule has 0 saturated carbocycles. The van der Waals surface area contributed by atoms with Gasteiger partial charge in [-0.2, -0.15) is 0 Å². The Morgan fingerprint density at radius 2 is 2.05 bits per heavy atom. The van der Waals surface area contributed by atoms with Crippen LogP contribution in [0.15, 0.2) is 48.7 Å². The summed E-state index contributed by atoms with van der Waals surface area (Å²) in [5.41, 5.74) is 0.991. The first-order valence-corrected chi connectivity index (χ1v) is 7.28. The number of pyridine rings is 1. The highest BCUT2D eigenvalue weighted by molar-refractivity contribution is 7.19. The molecule has 19 heavy (non-hydrogen) atoms. The lowest BCUT2D eigenvalue weighted by atomic mass is 10.2. The average molecular weight is 289 g/mol. The van der Waals surface area contributed by atoms with Crippen LogP contribution in [-0.4, -0.2) is 4.98 Å². The van der Waals surface area contributed by atoms with Gasteiger partial charge in [-0.15, -0.1) is 11.3 Å². The second kappa shape index (κ2) is 5.19. The van der Waals surface area contributed by atoms with Gasteiger partial charge in [-0.1, -0.05) is 29.8 Å². The summed E-state index contributed by atoms with van der Waals surface area (Å²) in [6.07, 6.45) is 1.71. The van der Waals surface area contributed by atoms with Crippen LogP contribution in [-0.2, 0) is 0 Å². The zero-order valence-corrected chi connectivity index (χ0v) is 12.0. The summed E-state index contributed by atoms with van der Waals surface area (Å²) in [4.78, 5) is 5.30. The normalized spacial score (nSPS) is 12.5. The Hall–Kier alpha value is -1.58. The molecule has 0 spiro atoms. The Kier molecular flexibility index (Phi) is 3.40. The van der Waals surface area contributed by atoms with Crippen LogP contribution >= 0.6 is 22.9 Å². The van der Waals surface area contributed by atoms with Crippen molar-refractivity contribution < 1.29 is 0 Å². The monoisotopic (exact) mass is 288 g/mol. The number of benzene rings is 1. The van der Waals surface area contributed by atoms with Crippen molar-refractivity contribution in [2.24, 2.45) is 0 Å². The van der Waals surface area contributed by atoms with E-state index in [4.69, 9.17) is 11.6 Å². The van der Waals surface area contributed by atoms with Crippen molar-refractivity contribution in [2.75, 3.05) is 5.32 Å². The minimum absolute atomic E-state index is 0.246. The average Bonchev–Trinajstić information content (AvgIpc) is 2.82. The summed E-state index contributed by atoms with van der Waals surface area (Å²) >= 11 is 7.71. The molecule has 3 aromatic rings. The van der Waals surface area contributed by atoms with Crippen LogP contribution in [0.1, 0.15) is 17.8 Å². The number of hydrogen-bond donors (Lipinski definition) is 1. The summed E-state index contributed by atoms with van der Waals surface area (Å²) in [5, 5.41) is 5.25. The third kappa shape index (κ3) is 2.72. The molecule has 0 bridgehead atoms. The number of halogens is 1. The number of aromatic nitrogens is 1. The van der Waals surface area contributed by atoms with Crippen molar-refractivity contribution in [3.63, 3.8) is 0 Å². The van der Waals surface area contributed by atoms with Crippen LogP contribution in [0.3, 0.4) is 0 Å². The fourth-order valence-corrected chi connectivity index (χ4v) is 3.27. The zero-order valence-electron chi connectivity index (χ0n) is 10.4. The molecule has 2 heterocycles. The summed E-state index contributed by atoms with van der Waals surface area (Å²) < 4.78 is 1.32. The van der Waals surface area contributed by atoms with Gasteiger partial charge in [0, 0.05) is 21.5 Å². The fraction of sp³-hybridized carbons (Fsp3) is 0.133. The van der Waals surface area contributed by atoms with E-state index < -0.39 is 0 Å². The van der Waals surface area contributed by atoms with Crippen LogP contribution in [0.2, 0.25) is 5.15 Å². The van der Waals surface area contributed by atoms with Gasteiger partial charge >= 0.3 is 0 Å². The maximum atomic E-state index is 5.89. The largest absolute Gasteiger partial charge is 0.378 e. The van der Waals surface area contributed by atoms with Gasteiger partial charge in [-0.25, -0.2) is 4.98 Å². The van der Waals surface area contributed by atoms with E-state index in [-0.39, 0.29) is 6.04 Å². The Morgan fingerprint density at radius 1 is 1.21 bits per heavy atom. The predicted octanol–water partition coefficient (Wildman–Crippen LogP) is 5.12. The van der Waals surface area contributed by atoms with Crippen molar-refractivity contribution in [2.45, 2.75) is 13.0 Å². The number of fused-ring (bicyclic) bond motifs is 1. The van der Waals surface area contributed by atoms with E-state index >= 15 is 0 Å².